The van der Waals surface area contributed by atoms with Crippen LogP contribution in [0.15, 0.2) is 46.2 Å². The van der Waals surface area contributed by atoms with Crippen LogP contribution in [0.5, 0.6) is 5.75 Å². The normalized spacial score (nSPS) is 15.2. The van der Waals surface area contributed by atoms with Crippen molar-refractivity contribution in [2.24, 2.45) is 0 Å². The number of amides is 1. The fourth-order valence-corrected chi connectivity index (χ4v) is 4.99. The van der Waals surface area contributed by atoms with Crippen molar-refractivity contribution in [1.29, 1.82) is 0 Å². The van der Waals surface area contributed by atoms with Crippen LogP contribution in [0, 0.1) is 10.1 Å². The average molecular weight is 483 g/mol. The Bertz CT molecular complexity index is 1060. The van der Waals surface area contributed by atoms with Gasteiger partial charge >= 0.3 is 0 Å². The van der Waals surface area contributed by atoms with E-state index in [-0.39, 0.29) is 18.2 Å². The minimum atomic E-state index is -0.485. The Morgan fingerprint density at radius 1 is 1.37 bits per heavy atom. The summed E-state index contributed by atoms with van der Waals surface area (Å²) in [5, 5.41) is 20.7. The van der Waals surface area contributed by atoms with E-state index in [4.69, 9.17) is 33.7 Å². The summed E-state index contributed by atoms with van der Waals surface area (Å²) in [4.78, 5) is 26.0. The number of nitro groups is 1. The van der Waals surface area contributed by atoms with Gasteiger partial charge in [0.2, 0.25) is 0 Å². The summed E-state index contributed by atoms with van der Waals surface area (Å²) in [6.07, 6.45) is 1.57. The Morgan fingerprint density at radius 3 is 2.77 bits per heavy atom. The number of rotatable bonds is 7. The summed E-state index contributed by atoms with van der Waals surface area (Å²) in [7, 11) is 1.50. The second kappa shape index (κ2) is 9.80. The number of aliphatic hydroxyl groups is 1. The molecule has 2 aromatic carbocycles. The van der Waals surface area contributed by atoms with Crippen molar-refractivity contribution < 1.29 is 19.6 Å². The number of nitrogens with zero attached hydrogens (tertiary/aromatic N) is 2. The quantitative estimate of drug-likeness (QED) is 0.199. The third-order valence-electron chi connectivity index (χ3n) is 4.01. The first-order valence-corrected chi connectivity index (χ1v) is 11.1. The summed E-state index contributed by atoms with van der Waals surface area (Å²) < 4.78 is 5.46. The molecule has 1 aliphatic heterocycles. The van der Waals surface area contributed by atoms with Gasteiger partial charge in [-0.3, -0.25) is 19.8 Å². The van der Waals surface area contributed by atoms with E-state index >= 15 is 0 Å². The molecule has 1 aliphatic rings. The van der Waals surface area contributed by atoms with Gasteiger partial charge in [0, 0.05) is 11.8 Å². The molecule has 11 heteroatoms. The third kappa shape index (κ3) is 4.79. The first kappa shape index (κ1) is 22.6. The maximum absolute atomic E-state index is 12.9. The molecule has 7 nitrogen and oxygen atoms in total. The van der Waals surface area contributed by atoms with Crippen molar-refractivity contribution in [3.63, 3.8) is 0 Å². The van der Waals surface area contributed by atoms with Gasteiger partial charge in [0.25, 0.3) is 11.6 Å². The van der Waals surface area contributed by atoms with Crippen molar-refractivity contribution in [2.75, 3.05) is 24.4 Å². The minimum absolute atomic E-state index is 0.0819. The molecule has 30 heavy (non-hydrogen) atoms. The highest BCUT2D eigenvalue weighted by Gasteiger charge is 2.33. The maximum Gasteiger partial charge on any atom is 0.283 e. The second-order valence-corrected chi connectivity index (χ2v) is 9.11. The van der Waals surface area contributed by atoms with Crippen molar-refractivity contribution in [3.05, 3.63) is 62.0 Å². The van der Waals surface area contributed by atoms with Gasteiger partial charge in [-0.15, -0.1) is 11.8 Å². The smallest absolute Gasteiger partial charge is 0.283 e. The van der Waals surface area contributed by atoms with Crippen LogP contribution in [0.1, 0.15) is 5.56 Å². The number of halogens is 1. The van der Waals surface area contributed by atoms with Crippen LogP contribution in [0.3, 0.4) is 0 Å². The van der Waals surface area contributed by atoms with E-state index in [9.17, 15) is 14.9 Å². The van der Waals surface area contributed by atoms with Crippen molar-refractivity contribution in [3.8, 4) is 5.75 Å². The van der Waals surface area contributed by atoms with Gasteiger partial charge in [-0.05, 0) is 35.9 Å². The number of methoxy groups -OCH3 is 1. The number of thiocarbonyl (C=S) groups is 1. The lowest BCUT2D eigenvalue weighted by atomic mass is 10.2. The van der Waals surface area contributed by atoms with E-state index in [1.807, 2.05) is 0 Å². The predicted molar refractivity (Wildman–Crippen MR) is 125 cm³/mol. The number of thioether (sulfide) groups is 2. The molecule has 1 amide bonds. The largest absolute Gasteiger partial charge is 0.495 e. The lowest BCUT2D eigenvalue weighted by molar-refractivity contribution is -0.387. The molecule has 1 saturated heterocycles. The Kier molecular flexibility index (Phi) is 7.37. The number of anilines is 1. The molecule has 1 fully saturated rings. The molecule has 0 radical (unpaired) electrons. The maximum atomic E-state index is 12.9. The van der Waals surface area contributed by atoms with Crippen LogP contribution in [0.25, 0.3) is 6.08 Å². The van der Waals surface area contributed by atoms with Crippen molar-refractivity contribution >= 4 is 75.0 Å². The number of carbonyl (C=O) groups is 1. The van der Waals surface area contributed by atoms with E-state index < -0.39 is 4.92 Å². The molecule has 0 aromatic heterocycles. The van der Waals surface area contributed by atoms with Crippen LogP contribution < -0.4 is 9.64 Å². The van der Waals surface area contributed by atoms with Crippen molar-refractivity contribution in [1.82, 2.24) is 0 Å². The Labute approximate surface area is 191 Å². The highest BCUT2D eigenvalue weighted by atomic mass is 35.5. The van der Waals surface area contributed by atoms with Crippen LogP contribution in [0.4, 0.5) is 11.4 Å². The molecule has 0 bridgehead atoms. The topological polar surface area (TPSA) is 92.9 Å². The Morgan fingerprint density at radius 2 is 2.13 bits per heavy atom. The predicted octanol–water partition coefficient (Wildman–Crippen LogP) is 4.75. The number of benzene rings is 2. The summed E-state index contributed by atoms with van der Waals surface area (Å²) in [5.74, 6) is 0.490. The molecule has 2 aromatic rings. The monoisotopic (exact) mass is 482 g/mol. The van der Waals surface area contributed by atoms with E-state index in [0.29, 0.717) is 41.9 Å². The highest BCUT2D eigenvalue weighted by molar-refractivity contribution is 8.27. The fourth-order valence-electron chi connectivity index (χ4n) is 2.68. The number of hydrogen-bond acceptors (Lipinski definition) is 8. The molecule has 0 atom stereocenters. The highest BCUT2D eigenvalue weighted by Crippen LogP contribution is 2.39. The first-order chi connectivity index (χ1) is 14.3. The molecule has 0 unspecified atom stereocenters. The van der Waals surface area contributed by atoms with Gasteiger partial charge in [0.05, 0.1) is 39.2 Å². The third-order valence-corrected chi connectivity index (χ3v) is 6.65. The second-order valence-electron chi connectivity index (χ2n) is 5.89. The molecular formula is C19H15ClN2O5S3. The minimum Gasteiger partial charge on any atom is -0.495 e. The SMILES string of the molecule is COc1ccc(N2C(=O)/C(=C/c3ccc(SCCO)c([N+](=O)[O-])c3)SC2=S)cc1Cl. The van der Waals surface area contributed by atoms with E-state index in [1.165, 1.54) is 29.8 Å². The van der Waals surface area contributed by atoms with Gasteiger partial charge < -0.3 is 9.84 Å². The number of nitro benzene ring substituents is 1. The average Bonchev–Trinajstić information content (AvgIpc) is 2.99. The lowest BCUT2D eigenvalue weighted by Gasteiger charge is -2.15. The van der Waals surface area contributed by atoms with Crippen LogP contribution in [-0.4, -0.2) is 39.7 Å². The fraction of sp³-hybridized carbons (Fsp3) is 0.158. The molecule has 1 N–H and O–H groups in total. The van der Waals surface area contributed by atoms with Gasteiger partial charge in [0.15, 0.2) is 4.32 Å². The zero-order valence-electron chi connectivity index (χ0n) is 15.5. The van der Waals surface area contributed by atoms with Crippen LogP contribution in [0.2, 0.25) is 5.02 Å². The lowest BCUT2D eigenvalue weighted by Crippen LogP contribution is -2.27. The van der Waals surface area contributed by atoms with Gasteiger partial charge in [-0.25, -0.2) is 0 Å². The van der Waals surface area contributed by atoms with Gasteiger partial charge in [-0.1, -0.05) is 41.6 Å². The summed E-state index contributed by atoms with van der Waals surface area (Å²) in [5.41, 5.74) is 0.927. The van der Waals surface area contributed by atoms with Crippen molar-refractivity contribution in [2.45, 2.75) is 4.90 Å². The number of ether oxygens (including phenoxy) is 1. The number of hydrogen-bond donors (Lipinski definition) is 1. The molecular weight excluding hydrogens is 468 g/mol. The molecule has 0 aliphatic carbocycles. The van der Waals surface area contributed by atoms with E-state index in [0.717, 1.165) is 11.8 Å². The van der Waals surface area contributed by atoms with Gasteiger partial charge in [-0.2, -0.15) is 0 Å². The molecule has 0 spiro atoms. The summed E-state index contributed by atoms with van der Waals surface area (Å²) in [6.45, 7) is -0.0819. The molecule has 3 rings (SSSR count). The first-order valence-electron chi connectivity index (χ1n) is 8.49. The Balaban J connectivity index is 1.91. The summed E-state index contributed by atoms with van der Waals surface area (Å²) in [6, 6.07) is 9.60. The van der Waals surface area contributed by atoms with E-state index in [2.05, 4.69) is 0 Å². The Hall–Kier alpha value is -2.11. The van der Waals surface area contributed by atoms with Gasteiger partial charge in [0.1, 0.15) is 5.75 Å². The summed E-state index contributed by atoms with van der Waals surface area (Å²) >= 11 is 13.8. The number of carbonyl (C=O) groups excluding carboxylic acids is 1. The number of aliphatic hydroxyl groups excluding tert-OH is 1. The zero-order valence-corrected chi connectivity index (χ0v) is 18.7. The zero-order chi connectivity index (χ0) is 21.8. The van der Waals surface area contributed by atoms with Crippen LogP contribution >= 0.6 is 47.3 Å². The standard InChI is InChI=1S/C19H15ClN2O5S3/c1-27-15-4-3-12(10-13(15)20)21-18(24)17(30-19(21)28)9-11-2-5-16(29-7-6-23)14(8-11)22(25)26/h2-5,8-10,23H,6-7H2,1H3/b17-9-. The van der Waals surface area contributed by atoms with E-state index in [1.54, 1.807) is 36.4 Å². The molecule has 1 heterocycles. The van der Waals surface area contributed by atoms with Crippen LogP contribution in [-0.2, 0) is 4.79 Å². The molecule has 156 valence electrons. The molecule has 0 saturated carbocycles.